The van der Waals surface area contributed by atoms with E-state index in [0.717, 1.165) is 11.3 Å². The number of aliphatic hydroxyl groups excluding tert-OH is 1. The summed E-state index contributed by atoms with van der Waals surface area (Å²) in [6, 6.07) is 15.4. The van der Waals surface area contributed by atoms with Crippen LogP contribution in [0.1, 0.15) is 19.4 Å². The Balaban J connectivity index is 1.79. The molecule has 0 amide bonds. The molecule has 0 saturated heterocycles. The van der Waals surface area contributed by atoms with Crippen molar-refractivity contribution in [2.24, 2.45) is 0 Å². The number of nitrogens with one attached hydrogen (secondary N) is 1. The Hall–Kier alpha value is -2.97. The van der Waals surface area contributed by atoms with Gasteiger partial charge in [0.1, 0.15) is 0 Å². The van der Waals surface area contributed by atoms with Gasteiger partial charge in [0, 0.05) is 12.1 Å². The number of benzene rings is 2. The fraction of sp³-hybridized carbons (Fsp3) is 0.316. The minimum Gasteiger partial charge on any atom is -0.493 e. The van der Waals surface area contributed by atoms with E-state index in [9.17, 15) is 5.11 Å². The zero-order chi connectivity index (χ0) is 19.3. The van der Waals surface area contributed by atoms with E-state index in [1.807, 2.05) is 62.4 Å². The number of hydrogen-bond acceptors (Lipinski definition) is 7. The lowest BCUT2D eigenvalue weighted by atomic mass is 10.1. The molecule has 142 valence electrons. The second kappa shape index (κ2) is 8.15. The summed E-state index contributed by atoms with van der Waals surface area (Å²) in [7, 11) is 1.58. The third kappa shape index (κ3) is 4.60. The van der Waals surface area contributed by atoms with Crippen LogP contribution in [0.2, 0.25) is 0 Å². The van der Waals surface area contributed by atoms with Crippen LogP contribution >= 0.6 is 0 Å². The van der Waals surface area contributed by atoms with Crippen molar-refractivity contribution in [3.05, 3.63) is 54.1 Å². The zero-order valence-corrected chi connectivity index (χ0v) is 15.6. The van der Waals surface area contributed by atoms with Gasteiger partial charge in [0.2, 0.25) is 0 Å². The van der Waals surface area contributed by atoms with Crippen LogP contribution in [0, 0.1) is 0 Å². The van der Waals surface area contributed by atoms with Crippen LogP contribution in [0.4, 0.5) is 0 Å². The van der Waals surface area contributed by atoms with Crippen molar-refractivity contribution in [3.63, 3.8) is 0 Å². The predicted octanol–water partition coefficient (Wildman–Crippen LogP) is 2.32. The van der Waals surface area contributed by atoms with Gasteiger partial charge in [0.25, 0.3) is 0 Å². The summed E-state index contributed by atoms with van der Waals surface area (Å²) in [5.74, 6) is 1.08. The summed E-state index contributed by atoms with van der Waals surface area (Å²) in [6.45, 7) is 4.51. The van der Waals surface area contributed by atoms with E-state index in [1.165, 1.54) is 4.68 Å². The maximum atomic E-state index is 9.35. The van der Waals surface area contributed by atoms with Crippen LogP contribution in [0.15, 0.2) is 48.5 Å². The number of ether oxygens (including phenoxy) is 2. The largest absolute Gasteiger partial charge is 0.493 e. The molecule has 0 saturated carbocycles. The Morgan fingerprint density at radius 1 is 1.11 bits per heavy atom. The summed E-state index contributed by atoms with van der Waals surface area (Å²) in [5, 5.41) is 24.3. The van der Waals surface area contributed by atoms with Crippen molar-refractivity contribution in [1.29, 1.82) is 0 Å². The average Bonchev–Trinajstić information content (AvgIpc) is 3.16. The molecule has 1 aromatic heterocycles. The second-order valence-electron chi connectivity index (χ2n) is 6.69. The molecule has 3 rings (SSSR count). The maximum Gasteiger partial charge on any atom is 0.346 e. The molecule has 0 aliphatic heterocycles. The highest BCUT2D eigenvalue weighted by atomic mass is 16.5. The van der Waals surface area contributed by atoms with E-state index in [2.05, 4.69) is 20.8 Å². The molecule has 2 aromatic carbocycles. The first kappa shape index (κ1) is 18.8. The van der Waals surface area contributed by atoms with Crippen molar-refractivity contribution in [2.45, 2.75) is 25.9 Å². The number of rotatable bonds is 8. The number of para-hydroxylation sites is 1. The topological polar surface area (TPSA) is 94.3 Å². The Bertz CT molecular complexity index is 880. The lowest BCUT2D eigenvalue weighted by Gasteiger charge is -2.23. The van der Waals surface area contributed by atoms with Gasteiger partial charge in [0.15, 0.2) is 11.5 Å². The van der Waals surface area contributed by atoms with Gasteiger partial charge in [0.05, 0.1) is 19.4 Å². The fourth-order valence-corrected chi connectivity index (χ4v) is 2.38. The molecule has 0 unspecified atom stereocenters. The first-order valence-electron chi connectivity index (χ1n) is 8.57. The predicted molar refractivity (Wildman–Crippen MR) is 100 cm³/mol. The monoisotopic (exact) mass is 369 g/mol. The Morgan fingerprint density at radius 2 is 1.89 bits per heavy atom. The van der Waals surface area contributed by atoms with Crippen LogP contribution in [-0.2, 0) is 6.54 Å². The van der Waals surface area contributed by atoms with E-state index in [4.69, 9.17) is 9.47 Å². The first-order chi connectivity index (χ1) is 13.0. The minimum absolute atomic E-state index is 0.0491. The summed E-state index contributed by atoms with van der Waals surface area (Å²) >= 11 is 0. The lowest BCUT2D eigenvalue weighted by Crippen LogP contribution is -2.42. The van der Waals surface area contributed by atoms with Crippen molar-refractivity contribution in [1.82, 2.24) is 25.5 Å². The zero-order valence-electron chi connectivity index (χ0n) is 15.6. The molecular weight excluding hydrogens is 346 g/mol. The van der Waals surface area contributed by atoms with Crippen LogP contribution in [0.3, 0.4) is 0 Å². The smallest absolute Gasteiger partial charge is 0.346 e. The third-order valence-corrected chi connectivity index (χ3v) is 4.04. The van der Waals surface area contributed by atoms with Gasteiger partial charge in [-0.3, -0.25) is 0 Å². The van der Waals surface area contributed by atoms with E-state index in [-0.39, 0.29) is 18.2 Å². The summed E-state index contributed by atoms with van der Waals surface area (Å²) in [5.41, 5.74) is 1.44. The molecule has 0 atom stereocenters. The number of tetrazole rings is 1. The van der Waals surface area contributed by atoms with Gasteiger partial charge < -0.3 is 19.9 Å². The van der Waals surface area contributed by atoms with Crippen LogP contribution in [-0.4, -0.2) is 44.6 Å². The lowest BCUT2D eigenvalue weighted by molar-refractivity contribution is 0.187. The fourth-order valence-electron chi connectivity index (χ4n) is 2.38. The highest BCUT2D eigenvalue weighted by molar-refractivity contribution is 5.44. The standard InChI is InChI=1S/C19H23N5O3/c1-19(2,13-25)20-12-14-9-10-16(17(11-14)26-3)27-18-21-22-23-24(18)15-7-5-4-6-8-15/h4-11,20,25H,12-13H2,1-3H3. The SMILES string of the molecule is COc1cc(CNC(C)(C)CO)ccc1Oc1nnnn1-c1ccccc1. The van der Waals surface area contributed by atoms with Gasteiger partial charge in [-0.1, -0.05) is 29.4 Å². The highest BCUT2D eigenvalue weighted by Gasteiger charge is 2.17. The summed E-state index contributed by atoms with van der Waals surface area (Å²) < 4.78 is 12.9. The van der Waals surface area contributed by atoms with Gasteiger partial charge in [-0.15, -0.1) is 0 Å². The van der Waals surface area contributed by atoms with E-state index in [0.29, 0.717) is 18.0 Å². The number of aromatic nitrogens is 4. The Morgan fingerprint density at radius 3 is 2.59 bits per heavy atom. The number of hydrogen-bond donors (Lipinski definition) is 2. The molecule has 8 nitrogen and oxygen atoms in total. The van der Waals surface area contributed by atoms with Crippen molar-refractivity contribution in [3.8, 4) is 23.2 Å². The molecule has 27 heavy (non-hydrogen) atoms. The number of methoxy groups -OCH3 is 1. The normalized spacial score (nSPS) is 11.4. The summed E-state index contributed by atoms with van der Waals surface area (Å²) in [4.78, 5) is 0. The van der Waals surface area contributed by atoms with Crippen LogP contribution in [0.25, 0.3) is 5.69 Å². The second-order valence-corrected chi connectivity index (χ2v) is 6.69. The molecule has 0 aliphatic carbocycles. The van der Waals surface area contributed by atoms with Crippen LogP contribution < -0.4 is 14.8 Å². The highest BCUT2D eigenvalue weighted by Crippen LogP contribution is 2.32. The van der Waals surface area contributed by atoms with E-state index in [1.54, 1.807) is 7.11 Å². The molecule has 3 aromatic rings. The van der Waals surface area contributed by atoms with Gasteiger partial charge in [-0.05, 0) is 54.1 Å². The molecule has 0 fully saturated rings. The Kier molecular flexibility index (Phi) is 5.68. The molecule has 2 N–H and O–H groups in total. The first-order valence-corrected chi connectivity index (χ1v) is 8.57. The number of aliphatic hydroxyl groups is 1. The quantitative estimate of drug-likeness (QED) is 0.629. The maximum absolute atomic E-state index is 9.35. The average molecular weight is 369 g/mol. The molecule has 0 bridgehead atoms. The van der Waals surface area contributed by atoms with E-state index < -0.39 is 0 Å². The van der Waals surface area contributed by atoms with E-state index >= 15 is 0 Å². The molecule has 8 heteroatoms. The van der Waals surface area contributed by atoms with Crippen LogP contribution in [0.5, 0.6) is 17.5 Å². The van der Waals surface area contributed by atoms with Gasteiger partial charge in [-0.25, -0.2) is 0 Å². The molecule has 0 spiro atoms. The summed E-state index contributed by atoms with van der Waals surface area (Å²) in [6.07, 6.45) is 0. The third-order valence-electron chi connectivity index (χ3n) is 4.04. The van der Waals surface area contributed by atoms with Crippen molar-refractivity contribution >= 4 is 0 Å². The van der Waals surface area contributed by atoms with Gasteiger partial charge in [-0.2, -0.15) is 4.68 Å². The van der Waals surface area contributed by atoms with Crippen molar-refractivity contribution < 1.29 is 14.6 Å². The molecule has 0 radical (unpaired) electrons. The Labute approximate surface area is 157 Å². The van der Waals surface area contributed by atoms with Gasteiger partial charge >= 0.3 is 6.01 Å². The molecule has 1 heterocycles. The van der Waals surface area contributed by atoms with Crippen molar-refractivity contribution in [2.75, 3.05) is 13.7 Å². The number of nitrogens with zero attached hydrogens (tertiary/aromatic N) is 4. The minimum atomic E-state index is -0.361. The molecular formula is C19H23N5O3. The molecule has 0 aliphatic rings.